The zero-order valence-electron chi connectivity index (χ0n) is 11.2. The van der Waals surface area contributed by atoms with Gasteiger partial charge in [0.1, 0.15) is 11.2 Å². The topological polar surface area (TPSA) is 72.8 Å². The lowest BCUT2D eigenvalue weighted by molar-refractivity contribution is -0.140. The second-order valence-corrected chi connectivity index (χ2v) is 4.98. The molecule has 1 aliphatic rings. The van der Waals surface area contributed by atoms with Crippen LogP contribution in [0.2, 0.25) is 0 Å². The highest BCUT2D eigenvalue weighted by atomic mass is 19.4. The number of H-pyrrole nitrogens is 1. The van der Waals surface area contributed by atoms with E-state index in [2.05, 4.69) is 15.1 Å². The number of ether oxygens (including phenoxy) is 1. The largest absolute Gasteiger partial charge is 0.436 e. The number of aryl methyl sites for hydroxylation is 1. The monoisotopic (exact) mass is 302 g/mol. The molecule has 0 unspecified atom stereocenters. The molecule has 0 amide bonds. The SMILES string of the molecule is Cc1nc2c(c(C(F)(F)F)nn2C2CCOCC2)c(=O)[nH]1. The van der Waals surface area contributed by atoms with Gasteiger partial charge >= 0.3 is 6.18 Å². The first-order valence-corrected chi connectivity index (χ1v) is 6.52. The third-order valence-corrected chi connectivity index (χ3v) is 3.49. The van der Waals surface area contributed by atoms with Gasteiger partial charge in [-0.05, 0) is 19.8 Å². The number of rotatable bonds is 1. The van der Waals surface area contributed by atoms with Gasteiger partial charge in [-0.15, -0.1) is 0 Å². The van der Waals surface area contributed by atoms with Crippen LogP contribution in [0.15, 0.2) is 4.79 Å². The number of alkyl halides is 3. The number of nitrogens with one attached hydrogen (secondary N) is 1. The third-order valence-electron chi connectivity index (χ3n) is 3.49. The van der Waals surface area contributed by atoms with Crippen molar-refractivity contribution in [3.8, 4) is 0 Å². The third kappa shape index (κ3) is 2.41. The molecule has 2 aromatic heterocycles. The summed E-state index contributed by atoms with van der Waals surface area (Å²) < 4.78 is 45.7. The number of hydrogen-bond acceptors (Lipinski definition) is 4. The van der Waals surface area contributed by atoms with Crippen LogP contribution in [0.1, 0.15) is 30.4 Å². The van der Waals surface area contributed by atoms with Crippen molar-refractivity contribution in [2.75, 3.05) is 13.2 Å². The van der Waals surface area contributed by atoms with Crippen molar-refractivity contribution in [2.45, 2.75) is 32.0 Å². The van der Waals surface area contributed by atoms with E-state index in [0.29, 0.717) is 26.1 Å². The van der Waals surface area contributed by atoms with E-state index in [9.17, 15) is 18.0 Å². The smallest absolute Gasteiger partial charge is 0.381 e. The summed E-state index contributed by atoms with van der Waals surface area (Å²) in [7, 11) is 0. The van der Waals surface area contributed by atoms with E-state index in [-0.39, 0.29) is 17.5 Å². The summed E-state index contributed by atoms with van der Waals surface area (Å²) >= 11 is 0. The fourth-order valence-electron chi connectivity index (χ4n) is 2.54. The molecular formula is C12H13F3N4O2. The van der Waals surface area contributed by atoms with Gasteiger partial charge in [0.15, 0.2) is 11.3 Å². The highest BCUT2D eigenvalue weighted by molar-refractivity contribution is 5.78. The second-order valence-electron chi connectivity index (χ2n) is 4.98. The summed E-state index contributed by atoms with van der Waals surface area (Å²) in [4.78, 5) is 18.2. The summed E-state index contributed by atoms with van der Waals surface area (Å²) in [5.41, 5.74) is -2.02. The van der Waals surface area contributed by atoms with Crippen LogP contribution in [0.4, 0.5) is 13.2 Å². The number of halogens is 3. The molecule has 3 heterocycles. The van der Waals surface area contributed by atoms with Crippen LogP contribution in [-0.2, 0) is 10.9 Å². The molecule has 21 heavy (non-hydrogen) atoms. The van der Waals surface area contributed by atoms with Crippen LogP contribution in [-0.4, -0.2) is 33.0 Å². The van der Waals surface area contributed by atoms with E-state index >= 15 is 0 Å². The molecule has 0 atom stereocenters. The average molecular weight is 302 g/mol. The van der Waals surface area contributed by atoms with Crippen molar-refractivity contribution >= 4 is 11.0 Å². The minimum absolute atomic E-state index is 0.0181. The normalized spacial score (nSPS) is 17.5. The molecule has 1 aliphatic heterocycles. The molecule has 3 rings (SSSR count). The maximum atomic E-state index is 13.1. The quantitative estimate of drug-likeness (QED) is 0.872. The zero-order chi connectivity index (χ0) is 15.2. The molecular weight excluding hydrogens is 289 g/mol. The van der Waals surface area contributed by atoms with Crippen molar-refractivity contribution in [2.24, 2.45) is 0 Å². The van der Waals surface area contributed by atoms with Gasteiger partial charge in [0.05, 0.1) is 6.04 Å². The molecule has 0 aliphatic carbocycles. The minimum atomic E-state index is -4.70. The predicted octanol–water partition coefficient (Wildman–Crippen LogP) is 1.80. The molecule has 1 fully saturated rings. The Kier molecular flexibility index (Phi) is 3.23. The molecule has 1 saturated heterocycles. The van der Waals surface area contributed by atoms with Crippen molar-refractivity contribution in [3.63, 3.8) is 0 Å². The van der Waals surface area contributed by atoms with Crippen LogP contribution < -0.4 is 5.56 Å². The lowest BCUT2D eigenvalue weighted by Crippen LogP contribution is -2.21. The van der Waals surface area contributed by atoms with Gasteiger partial charge in [0.2, 0.25) is 0 Å². The molecule has 0 aromatic carbocycles. The van der Waals surface area contributed by atoms with Crippen molar-refractivity contribution in [1.82, 2.24) is 19.7 Å². The maximum Gasteiger partial charge on any atom is 0.436 e. The second kappa shape index (κ2) is 4.83. The number of fused-ring (bicyclic) bond motifs is 1. The first kappa shape index (κ1) is 14.1. The van der Waals surface area contributed by atoms with Gasteiger partial charge in [-0.1, -0.05) is 0 Å². The highest BCUT2D eigenvalue weighted by Gasteiger charge is 2.39. The molecule has 0 spiro atoms. The van der Waals surface area contributed by atoms with E-state index in [1.54, 1.807) is 0 Å². The number of aromatic nitrogens is 4. The van der Waals surface area contributed by atoms with E-state index in [0.717, 1.165) is 0 Å². The number of nitrogens with zero attached hydrogens (tertiary/aromatic N) is 3. The Hall–Kier alpha value is -1.90. The standard InChI is InChI=1S/C12H13F3N4O2/c1-6-16-10-8(11(20)17-6)9(12(13,14)15)18-19(10)7-2-4-21-5-3-7/h7H,2-5H2,1H3,(H,16,17,20). The fraction of sp³-hybridized carbons (Fsp3) is 0.583. The first-order chi connectivity index (χ1) is 9.88. The Morgan fingerprint density at radius 1 is 1.33 bits per heavy atom. The van der Waals surface area contributed by atoms with E-state index in [1.165, 1.54) is 11.6 Å². The predicted molar refractivity (Wildman–Crippen MR) is 67.0 cm³/mol. The Bertz CT molecular complexity index is 728. The van der Waals surface area contributed by atoms with Crippen LogP contribution in [0.25, 0.3) is 11.0 Å². The summed E-state index contributed by atoms with van der Waals surface area (Å²) in [6, 6.07) is -0.244. The maximum absolute atomic E-state index is 13.1. The molecule has 0 radical (unpaired) electrons. The van der Waals surface area contributed by atoms with Gasteiger partial charge in [0, 0.05) is 13.2 Å². The van der Waals surface area contributed by atoms with E-state index in [1.807, 2.05) is 0 Å². The Morgan fingerprint density at radius 3 is 2.62 bits per heavy atom. The lowest BCUT2D eigenvalue weighted by Gasteiger charge is -2.22. The Morgan fingerprint density at radius 2 is 2.00 bits per heavy atom. The lowest BCUT2D eigenvalue weighted by atomic mass is 10.1. The summed E-state index contributed by atoms with van der Waals surface area (Å²) in [6.07, 6.45) is -3.61. The van der Waals surface area contributed by atoms with Gasteiger partial charge in [-0.2, -0.15) is 18.3 Å². The number of hydrogen-bond donors (Lipinski definition) is 1. The molecule has 6 nitrogen and oxygen atoms in total. The summed E-state index contributed by atoms with van der Waals surface area (Å²) in [5, 5.41) is 3.14. The molecule has 0 bridgehead atoms. The Balaban J connectivity index is 2.27. The molecule has 1 N–H and O–H groups in total. The molecule has 2 aromatic rings. The average Bonchev–Trinajstić information content (AvgIpc) is 2.79. The summed E-state index contributed by atoms with van der Waals surface area (Å²) in [6.45, 7) is 2.43. The molecule has 114 valence electrons. The first-order valence-electron chi connectivity index (χ1n) is 6.52. The van der Waals surface area contributed by atoms with E-state index in [4.69, 9.17) is 4.74 Å². The molecule has 9 heteroatoms. The van der Waals surface area contributed by atoms with Gasteiger partial charge < -0.3 is 9.72 Å². The van der Waals surface area contributed by atoms with Crippen LogP contribution in [0.5, 0.6) is 0 Å². The highest BCUT2D eigenvalue weighted by Crippen LogP contribution is 2.34. The minimum Gasteiger partial charge on any atom is -0.381 e. The number of aromatic amines is 1. The van der Waals surface area contributed by atoms with Crippen LogP contribution in [0, 0.1) is 6.92 Å². The summed E-state index contributed by atoms with van der Waals surface area (Å²) in [5.74, 6) is 0.259. The molecule has 0 saturated carbocycles. The van der Waals surface area contributed by atoms with Crippen LogP contribution >= 0.6 is 0 Å². The van der Waals surface area contributed by atoms with Crippen molar-refractivity contribution in [1.29, 1.82) is 0 Å². The van der Waals surface area contributed by atoms with E-state index < -0.39 is 22.8 Å². The van der Waals surface area contributed by atoms with Crippen molar-refractivity contribution in [3.05, 3.63) is 21.9 Å². The van der Waals surface area contributed by atoms with Gasteiger partial charge in [0.25, 0.3) is 5.56 Å². The van der Waals surface area contributed by atoms with Crippen molar-refractivity contribution < 1.29 is 17.9 Å². The van der Waals surface area contributed by atoms with Gasteiger partial charge in [-0.3, -0.25) is 4.79 Å². The fourth-order valence-corrected chi connectivity index (χ4v) is 2.54. The van der Waals surface area contributed by atoms with Crippen LogP contribution in [0.3, 0.4) is 0 Å². The van der Waals surface area contributed by atoms with Gasteiger partial charge in [-0.25, -0.2) is 9.67 Å². The zero-order valence-corrected chi connectivity index (χ0v) is 11.2. The Labute approximate surface area is 116 Å².